The Hall–Kier alpha value is -2.90. The van der Waals surface area contributed by atoms with Crippen molar-refractivity contribution in [2.45, 2.75) is 18.3 Å². The average molecular weight is 288 g/mol. The zero-order valence-corrected chi connectivity index (χ0v) is 10.9. The van der Waals surface area contributed by atoms with Crippen molar-refractivity contribution in [1.82, 2.24) is 10.3 Å². The van der Waals surface area contributed by atoms with Gasteiger partial charge in [0.05, 0.1) is 5.41 Å². The lowest BCUT2D eigenvalue weighted by molar-refractivity contribution is -0.140. The fourth-order valence-electron chi connectivity index (χ4n) is 2.17. The molecule has 0 atom stereocenters. The van der Waals surface area contributed by atoms with Gasteiger partial charge in [0.25, 0.3) is 5.91 Å². The third-order valence-electron chi connectivity index (χ3n) is 3.58. The summed E-state index contributed by atoms with van der Waals surface area (Å²) in [5.74, 6) is -1.45. The largest absolute Gasteiger partial charge is 0.481 e. The van der Waals surface area contributed by atoms with E-state index in [0.717, 1.165) is 5.56 Å². The maximum Gasteiger partial charge on any atom is 0.314 e. The van der Waals surface area contributed by atoms with Crippen molar-refractivity contribution in [3.8, 4) is 0 Å². The number of nitrogens with two attached hydrogens (primary N) is 1. The number of hydrogen-bond donors (Lipinski definition) is 3. The van der Waals surface area contributed by atoms with Crippen molar-refractivity contribution in [2.75, 3.05) is 11.1 Å². The lowest BCUT2D eigenvalue weighted by Gasteiger charge is -2.11. The van der Waals surface area contributed by atoms with Crippen LogP contribution in [0.2, 0.25) is 0 Å². The van der Waals surface area contributed by atoms with Crippen molar-refractivity contribution in [3.63, 3.8) is 0 Å². The van der Waals surface area contributed by atoms with E-state index in [1.165, 1.54) is 0 Å². The highest BCUT2D eigenvalue weighted by Crippen LogP contribution is 2.48. The molecule has 1 saturated carbocycles. The third-order valence-corrected chi connectivity index (χ3v) is 3.58. The number of nitrogens with one attached hydrogen (secondary N) is 1. The molecule has 1 fully saturated rings. The summed E-state index contributed by atoms with van der Waals surface area (Å²) >= 11 is 0. The average Bonchev–Trinajstić information content (AvgIpc) is 3.16. The SMILES string of the molecule is Nc1nonc1C(=O)Nc1ccc(C2(C(=O)O)CC2)cc1. The number of nitrogens with zero attached hydrogens (tertiary/aromatic N) is 2. The van der Waals surface area contributed by atoms with Crippen molar-refractivity contribution >= 4 is 23.4 Å². The Morgan fingerprint density at radius 3 is 2.38 bits per heavy atom. The molecule has 1 aromatic heterocycles. The fraction of sp³-hybridized carbons (Fsp3) is 0.231. The summed E-state index contributed by atoms with van der Waals surface area (Å²) in [6.07, 6.45) is 1.27. The van der Waals surface area contributed by atoms with Crippen LogP contribution in [0.15, 0.2) is 28.9 Å². The molecule has 1 aliphatic rings. The van der Waals surface area contributed by atoms with E-state index in [-0.39, 0.29) is 11.5 Å². The molecule has 0 spiro atoms. The van der Waals surface area contributed by atoms with Gasteiger partial charge in [-0.15, -0.1) is 0 Å². The van der Waals surface area contributed by atoms with Crippen LogP contribution in [0.1, 0.15) is 28.9 Å². The van der Waals surface area contributed by atoms with E-state index in [2.05, 4.69) is 20.3 Å². The number of aromatic nitrogens is 2. The van der Waals surface area contributed by atoms with Gasteiger partial charge in [-0.25, -0.2) is 4.63 Å². The van der Waals surface area contributed by atoms with E-state index in [0.29, 0.717) is 18.5 Å². The van der Waals surface area contributed by atoms with Crippen LogP contribution in [0.25, 0.3) is 0 Å². The van der Waals surface area contributed by atoms with E-state index in [1.54, 1.807) is 24.3 Å². The maximum atomic E-state index is 11.9. The van der Waals surface area contributed by atoms with Gasteiger partial charge in [0.2, 0.25) is 11.5 Å². The number of aliphatic carboxylic acids is 1. The second-order valence-corrected chi connectivity index (χ2v) is 4.92. The number of carboxylic acids is 1. The molecule has 1 heterocycles. The van der Waals surface area contributed by atoms with Gasteiger partial charge in [0, 0.05) is 5.69 Å². The normalized spacial score (nSPS) is 15.4. The van der Waals surface area contributed by atoms with Gasteiger partial charge < -0.3 is 16.2 Å². The Morgan fingerprint density at radius 1 is 1.24 bits per heavy atom. The molecule has 0 saturated heterocycles. The number of hydrogen-bond acceptors (Lipinski definition) is 6. The Balaban J connectivity index is 1.75. The van der Waals surface area contributed by atoms with Crippen molar-refractivity contribution in [1.29, 1.82) is 0 Å². The van der Waals surface area contributed by atoms with Crippen LogP contribution < -0.4 is 11.1 Å². The second kappa shape index (κ2) is 4.58. The minimum atomic E-state index is -0.819. The van der Waals surface area contributed by atoms with Gasteiger partial charge in [0.1, 0.15) is 0 Å². The number of nitrogen functional groups attached to an aromatic ring is 1. The molecule has 2 aromatic rings. The van der Waals surface area contributed by atoms with Gasteiger partial charge >= 0.3 is 5.97 Å². The number of amides is 1. The van der Waals surface area contributed by atoms with Crippen molar-refractivity contribution in [2.24, 2.45) is 0 Å². The summed E-state index contributed by atoms with van der Waals surface area (Å²) in [7, 11) is 0. The molecule has 1 aliphatic carbocycles. The zero-order chi connectivity index (χ0) is 15.0. The second-order valence-electron chi connectivity index (χ2n) is 4.92. The molecule has 0 radical (unpaired) electrons. The standard InChI is InChI=1S/C13H12N4O4/c14-10-9(16-21-17-10)11(18)15-8-3-1-7(2-4-8)13(5-6-13)12(19)20/h1-4H,5-6H2,(H2,14,17)(H,15,18)(H,19,20). The Labute approximate surface area is 118 Å². The summed E-state index contributed by atoms with van der Waals surface area (Å²) in [6, 6.07) is 6.67. The first-order valence-corrected chi connectivity index (χ1v) is 6.26. The lowest BCUT2D eigenvalue weighted by Crippen LogP contribution is -2.19. The maximum absolute atomic E-state index is 11.9. The summed E-state index contributed by atoms with van der Waals surface area (Å²) in [5, 5.41) is 18.5. The highest BCUT2D eigenvalue weighted by molar-refractivity contribution is 6.05. The Kier molecular flexibility index (Phi) is 2.86. The highest BCUT2D eigenvalue weighted by atomic mass is 16.6. The first-order valence-electron chi connectivity index (χ1n) is 6.26. The summed E-state index contributed by atoms with van der Waals surface area (Å²) in [4.78, 5) is 23.1. The predicted molar refractivity (Wildman–Crippen MR) is 71.7 cm³/mol. The van der Waals surface area contributed by atoms with E-state index in [1.807, 2.05) is 0 Å². The molecule has 1 amide bonds. The smallest absolute Gasteiger partial charge is 0.314 e. The first kappa shape index (κ1) is 13.1. The van der Waals surface area contributed by atoms with Crippen LogP contribution in [0.3, 0.4) is 0 Å². The quantitative estimate of drug-likeness (QED) is 0.765. The first-order chi connectivity index (χ1) is 10.0. The van der Waals surface area contributed by atoms with Crippen LogP contribution in [0.5, 0.6) is 0 Å². The topological polar surface area (TPSA) is 131 Å². The van der Waals surface area contributed by atoms with Crippen LogP contribution in [0, 0.1) is 0 Å². The molecule has 0 bridgehead atoms. The minimum Gasteiger partial charge on any atom is -0.481 e. The summed E-state index contributed by atoms with van der Waals surface area (Å²) < 4.78 is 4.35. The number of carbonyl (C=O) groups excluding carboxylic acids is 1. The predicted octanol–water partition coefficient (Wildman–Crippen LogP) is 1.02. The lowest BCUT2D eigenvalue weighted by atomic mass is 9.96. The van der Waals surface area contributed by atoms with Gasteiger partial charge in [-0.05, 0) is 40.9 Å². The number of carbonyl (C=O) groups is 2. The zero-order valence-electron chi connectivity index (χ0n) is 10.9. The van der Waals surface area contributed by atoms with E-state index < -0.39 is 17.3 Å². The van der Waals surface area contributed by atoms with Gasteiger partial charge in [0.15, 0.2) is 0 Å². The Morgan fingerprint density at radius 2 is 1.90 bits per heavy atom. The van der Waals surface area contributed by atoms with E-state index in [9.17, 15) is 14.7 Å². The molecule has 3 rings (SSSR count). The fourth-order valence-corrected chi connectivity index (χ4v) is 2.17. The molecular formula is C13H12N4O4. The highest BCUT2D eigenvalue weighted by Gasteiger charge is 2.51. The van der Waals surface area contributed by atoms with Gasteiger partial charge in [-0.3, -0.25) is 9.59 Å². The molecular weight excluding hydrogens is 276 g/mol. The summed E-state index contributed by atoms with van der Waals surface area (Å²) in [6.45, 7) is 0. The molecule has 0 unspecified atom stereocenters. The van der Waals surface area contributed by atoms with E-state index >= 15 is 0 Å². The minimum absolute atomic E-state index is 0.0908. The van der Waals surface area contributed by atoms with Crippen LogP contribution in [0.4, 0.5) is 11.5 Å². The van der Waals surface area contributed by atoms with Crippen LogP contribution in [-0.2, 0) is 10.2 Å². The Bertz CT molecular complexity index is 703. The van der Waals surface area contributed by atoms with Crippen LogP contribution in [-0.4, -0.2) is 27.3 Å². The van der Waals surface area contributed by atoms with Gasteiger partial charge in [-0.2, -0.15) is 0 Å². The number of carboxylic acid groups (broad SMARTS) is 1. The molecule has 0 aliphatic heterocycles. The van der Waals surface area contributed by atoms with Crippen molar-refractivity contribution in [3.05, 3.63) is 35.5 Å². The van der Waals surface area contributed by atoms with E-state index in [4.69, 9.17) is 5.73 Å². The molecule has 8 nitrogen and oxygen atoms in total. The summed E-state index contributed by atoms with van der Waals surface area (Å²) in [5.41, 5.74) is 5.81. The number of benzene rings is 1. The van der Waals surface area contributed by atoms with Crippen molar-refractivity contribution < 1.29 is 19.3 Å². The molecule has 21 heavy (non-hydrogen) atoms. The molecule has 108 valence electrons. The monoisotopic (exact) mass is 288 g/mol. The molecule has 1 aromatic carbocycles. The molecule has 4 N–H and O–H groups in total. The van der Waals surface area contributed by atoms with Crippen LogP contribution >= 0.6 is 0 Å². The van der Waals surface area contributed by atoms with Gasteiger partial charge in [-0.1, -0.05) is 12.1 Å². The number of rotatable bonds is 4. The molecule has 8 heteroatoms. The third kappa shape index (κ3) is 2.20. The number of anilines is 2.